The quantitative estimate of drug-likeness (QED) is 0.850. The van der Waals surface area contributed by atoms with Gasteiger partial charge in [0.25, 0.3) is 5.91 Å². The summed E-state index contributed by atoms with van der Waals surface area (Å²) < 4.78 is 5.41. The Balaban J connectivity index is 1.91. The van der Waals surface area contributed by atoms with Crippen molar-refractivity contribution in [3.8, 4) is 5.75 Å². The Labute approximate surface area is 122 Å². The summed E-state index contributed by atoms with van der Waals surface area (Å²) >= 11 is 5.81. The summed E-state index contributed by atoms with van der Waals surface area (Å²) in [4.78, 5) is 11.8. The molecule has 2 rings (SSSR count). The second-order valence-corrected chi connectivity index (χ2v) is 4.80. The number of nitrogens with two attached hydrogens (primary N) is 1. The lowest BCUT2D eigenvalue weighted by Gasteiger charge is -2.09. The van der Waals surface area contributed by atoms with Gasteiger partial charge in [0, 0.05) is 5.69 Å². The zero-order valence-corrected chi connectivity index (χ0v) is 11.8. The third-order valence-corrected chi connectivity index (χ3v) is 2.98. The van der Waals surface area contributed by atoms with Gasteiger partial charge in [-0.1, -0.05) is 23.7 Å². The molecule has 0 bridgehead atoms. The van der Waals surface area contributed by atoms with Crippen molar-refractivity contribution in [1.82, 2.24) is 0 Å². The Bertz CT molecular complexity index is 629. The van der Waals surface area contributed by atoms with Gasteiger partial charge in [-0.3, -0.25) is 4.79 Å². The fourth-order valence-corrected chi connectivity index (χ4v) is 1.79. The normalized spacial score (nSPS) is 10.1. The van der Waals surface area contributed by atoms with Crippen molar-refractivity contribution in [3.63, 3.8) is 0 Å². The van der Waals surface area contributed by atoms with Gasteiger partial charge in [0.2, 0.25) is 0 Å². The molecule has 5 heteroatoms. The second-order valence-electron chi connectivity index (χ2n) is 4.39. The van der Waals surface area contributed by atoms with Crippen LogP contribution >= 0.6 is 11.6 Å². The van der Waals surface area contributed by atoms with Crippen LogP contribution in [0.3, 0.4) is 0 Å². The van der Waals surface area contributed by atoms with Gasteiger partial charge < -0.3 is 15.8 Å². The van der Waals surface area contributed by atoms with Crippen LogP contribution in [0.15, 0.2) is 42.5 Å². The lowest BCUT2D eigenvalue weighted by Crippen LogP contribution is -2.20. The maximum atomic E-state index is 11.8. The molecule has 3 N–H and O–H groups in total. The zero-order chi connectivity index (χ0) is 14.5. The maximum absolute atomic E-state index is 11.8. The minimum atomic E-state index is -0.256. The van der Waals surface area contributed by atoms with E-state index in [1.165, 1.54) is 0 Å². The Hall–Kier alpha value is -2.20. The van der Waals surface area contributed by atoms with Gasteiger partial charge in [0.05, 0.1) is 10.7 Å². The molecule has 0 aliphatic heterocycles. The Kier molecular flexibility index (Phi) is 4.48. The molecule has 0 radical (unpaired) electrons. The van der Waals surface area contributed by atoms with E-state index in [0.717, 1.165) is 5.56 Å². The number of hydrogen-bond acceptors (Lipinski definition) is 3. The highest BCUT2D eigenvalue weighted by atomic mass is 35.5. The summed E-state index contributed by atoms with van der Waals surface area (Å²) in [5.41, 5.74) is 7.75. The Morgan fingerprint density at radius 3 is 2.80 bits per heavy atom. The van der Waals surface area contributed by atoms with Crippen LogP contribution in [0.1, 0.15) is 5.56 Å². The average molecular weight is 291 g/mol. The van der Waals surface area contributed by atoms with Crippen molar-refractivity contribution in [3.05, 3.63) is 53.1 Å². The van der Waals surface area contributed by atoms with Crippen LogP contribution in [0.2, 0.25) is 5.02 Å². The monoisotopic (exact) mass is 290 g/mol. The number of nitrogen functional groups attached to an aromatic ring is 1. The SMILES string of the molecule is Cc1cccc(OCC(=O)Nc2ccc(Cl)c(N)c2)c1. The third kappa shape index (κ3) is 3.90. The lowest BCUT2D eigenvalue weighted by molar-refractivity contribution is -0.118. The highest BCUT2D eigenvalue weighted by Crippen LogP contribution is 2.22. The summed E-state index contributed by atoms with van der Waals surface area (Å²) in [5, 5.41) is 3.15. The lowest BCUT2D eigenvalue weighted by atomic mass is 10.2. The molecule has 104 valence electrons. The molecule has 0 atom stereocenters. The first-order valence-electron chi connectivity index (χ1n) is 6.09. The number of hydrogen-bond donors (Lipinski definition) is 2. The number of ether oxygens (including phenoxy) is 1. The molecule has 0 saturated heterocycles. The molecule has 0 spiro atoms. The zero-order valence-electron chi connectivity index (χ0n) is 11.0. The van der Waals surface area contributed by atoms with Crippen molar-refractivity contribution in [2.45, 2.75) is 6.92 Å². The van der Waals surface area contributed by atoms with Crippen LogP contribution in [-0.4, -0.2) is 12.5 Å². The molecule has 0 aromatic heterocycles. The molecule has 20 heavy (non-hydrogen) atoms. The van der Waals surface area contributed by atoms with Gasteiger partial charge in [-0.05, 0) is 42.8 Å². The van der Waals surface area contributed by atoms with Crippen LogP contribution in [0.5, 0.6) is 5.75 Å². The highest BCUT2D eigenvalue weighted by Gasteiger charge is 2.05. The van der Waals surface area contributed by atoms with Gasteiger partial charge in [0.1, 0.15) is 5.75 Å². The number of carbonyl (C=O) groups is 1. The topological polar surface area (TPSA) is 64.3 Å². The van der Waals surface area contributed by atoms with Crippen LogP contribution < -0.4 is 15.8 Å². The van der Waals surface area contributed by atoms with E-state index in [-0.39, 0.29) is 12.5 Å². The molecule has 1 amide bonds. The number of amides is 1. The van der Waals surface area contributed by atoms with Gasteiger partial charge in [-0.15, -0.1) is 0 Å². The number of halogens is 1. The first-order chi connectivity index (χ1) is 9.54. The fraction of sp³-hybridized carbons (Fsp3) is 0.133. The summed E-state index contributed by atoms with van der Waals surface area (Å²) in [6, 6.07) is 12.4. The van der Waals surface area contributed by atoms with Crippen LogP contribution in [0.4, 0.5) is 11.4 Å². The van der Waals surface area contributed by atoms with Gasteiger partial charge in [-0.25, -0.2) is 0 Å². The molecule has 0 heterocycles. The molecular weight excluding hydrogens is 276 g/mol. The molecule has 0 unspecified atom stereocenters. The molecule has 0 aliphatic carbocycles. The van der Waals surface area contributed by atoms with E-state index >= 15 is 0 Å². The number of rotatable bonds is 4. The molecule has 2 aromatic carbocycles. The minimum Gasteiger partial charge on any atom is -0.484 e. The van der Waals surface area contributed by atoms with Crippen molar-refractivity contribution in [1.29, 1.82) is 0 Å². The van der Waals surface area contributed by atoms with E-state index in [4.69, 9.17) is 22.1 Å². The number of nitrogens with one attached hydrogen (secondary N) is 1. The standard InChI is InChI=1S/C15H15ClN2O2/c1-10-3-2-4-12(7-10)20-9-15(19)18-11-5-6-13(16)14(17)8-11/h2-8H,9,17H2,1H3,(H,18,19). The Morgan fingerprint density at radius 1 is 1.30 bits per heavy atom. The van der Waals surface area contributed by atoms with Crippen molar-refractivity contribution in [2.24, 2.45) is 0 Å². The van der Waals surface area contributed by atoms with E-state index in [1.807, 2.05) is 25.1 Å². The minimum absolute atomic E-state index is 0.0635. The second kappa shape index (κ2) is 6.30. The summed E-state index contributed by atoms with van der Waals surface area (Å²) in [6.45, 7) is 1.90. The smallest absolute Gasteiger partial charge is 0.262 e. The number of carbonyl (C=O) groups excluding carboxylic acids is 1. The van der Waals surface area contributed by atoms with E-state index in [2.05, 4.69) is 5.32 Å². The highest BCUT2D eigenvalue weighted by molar-refractivity contribution is 6.33. The molecule has 0 aliphatic rings. The molecule has 0 saturated carbocycles. The van der Waals surface area contributed by atoms with Crippen molar-refractivity contribution in [2.75, 3.05) is 17.7 Å². The van der Waals surface area contributed by atoms with Gasteiger partial charge >= 0.3 is 0 Å². The van der Waals surface area contributed by atoms with Gasteiger partial charge in [-0.2, -0.15) is 0 Å². The summed E-state index contributed by atoms with van der Waals surface area (Å²) in [6.07, 6.45) is 0. The van der Waals surface area contributed by atoms with Crippen molar-refractivity contribution < 1.29 is 9.53 Å². The van der Waals surface area contributed by atoms with E-state index < -0.39 is 0 Å². The maximum Gasteiger partial charge on any atom is 0.262 e. The number of anilines is 2. The van der Waals surface area contributed by atoms with Crippen LogP contribution in [0.25, 0.3) is 0 Å². The number of benzene rings is 2. The summed E-state index contributed by atoms with van der Waals surface area (Å²) in [5.74, 6) is 0.406. The average Bonchev–Trinajstić information content (AvgIpc) is 2.41. The van der Waals surface area contributed by atoms with Crippen molar-refractivity contribution >= 4 is 28.9 Å². The van der Waals surface area contributed by atoms with E-state index in [0.29, 0.717) is 22.1 Å². The first-order valence-corrected chi connectivity index (χ1v) is 6.47. The molecular formula is C15H15ClN2O2. The molecule has 4 nitrogen and oxygen atoms in total. The largest absolute Gasteiger partial charge is 0.484 e. The van der Waals surface area contributed by atoms with Gasteiger partial charge in [0.15, 0.2) is 6.61 Å². The predicted molar refractivity (Wildman–Crippen MR) is 81.2 cm³/mol. The third-order valence-electron chi connectivity index (χ3n) is 2.64. The van der Waals surface area contributed by atoms with E-state index in [9.17, 15) is 4.79 Å². The molecule has 0 fully saturated rings. The number of aryl methyl sites for hydroxylation is 1. The van der Waals surface area contributed by atoms with Crippen LogP contribution in [0, 0.1) is 6.92 Å². The molecule has 2 aromatic rings. The first kappa shape index (κ1) is 14.2. The summed E-state index contributed by atoms with van der Waals surface area (Å²) in [7, 11) is 0. The fourth-order valence-electron chi connectivity index (χ4n) is 1.67. The predicted octanol–water partition coefficient (Wildman–Crippen LogP) is 3.25. The van der Waals surface area contributed by atoms with Crippen LogP contribution in [-0.2, 0) is 4.79 Å². The Morgan fingerprint density at radius 2 is 2.10 bits per heavy atom. The van der Waals surface area contributed by atoms with E-state index in [1.54, 1.807) is 24.3 Å².